The molecule has 15 heavy (non-hydrogen) atoms. The molecule has 0 aromatic heterocycles. The van der Waals surface area contributed by atoms with Crippen molar-refractivity contribution in [1.82, 2.24) is 0 Å². The Morgan fingerprint density at radius 3 is 1.33 bits per heavy atom. The van der Waals surface area contributed by atoms with Gasteiger partial charge in [-0.1, -0.05) is 25.3 Å². The smallest absolute Gasteiger partial charge is 0.341 e. The van der Waals surface area contributed by atoms with Crippen LogP contribution in [-0.2, 0) is 13.9 Å². The Labute approximate surface area is 86.4 Å². The van der Waals surface area contributed by atoms with Gasteiger partial charge in [-0.25, -0.2) is 0 Å². The molecular weight excluding hydrogens is 246 g/mol. The van der Waals surface area contributed by atoms with E-state index in [4.69, 9.17) is 19.6 Å². The second-order valence-corrected chi connectivity index (χ2v) is 5.94. The highest BCUT2D eigenvalue weighted by atomic mass is 31.2. The fourth-order valence-electron chi connectivity index (χ4n) is 0.687. The summed E-state index contributed by atoms with van der Waals surface area (Å²) in [6, 6.07) is 0. The van der Waals surface area contributed by atoms with Crippen molar-refractivity contribution in [3.05, 3.63) is 25.3 Å². The number of hydrogen-bond donors (Lipinski definition) is 4. The minimum absolute atomic E-state index is 0.771. The first-order valence-corrected chi connectivity index (χ1v) is 7.00. The van der Waals surface area contributed by atoms with Gasteiger partial charge in [0.15, 0.2) is 11.7 Å². The van der Waals surface area contributed by atoms with Crippen molar-refractivity contribution in [2.45, 2.75) is 11.7 Å². The van der Waals surface area contributed by atoms with Crippen molar-refractivity contribution in [2.24, 2.45) is 0 Å². The monoisotopic (exact) mass is 258 g/mol. The maximum absolute atomic E-state index is 10.8. The molecule has 0 spiro atoms. The third-order valence-corrected chi connectivity index (χ3v) is 3.34. The van der Waals surface area contributed by atoms with Crippen molar-refractivity contribution in [3.63, 3.8) is 0 Å². The Bertz CT molecular complexity index is 294. The molecule has 2 atom stereocenters. The van der Waals surface area contributed by atoms with E-state index in [2.05, 4.69) is 17.9 Å². The first-order valence-electron chi connectivity index (χ1n) is 3.64. The SMILES string of the molecule is C=CC(OC(C=C)P(=O)(O)O)P(=O)(O)O. The van der Waals surface area contributed by atoms with Gasteiger partial charge in [0.1, 0.15) is 0 Å². The van der Waals surface area contributed by atoms with Crippen LogP contribution in [0.15, 0.2) is 25.3 Å². The third kappa shape index (κ3) is 4.86. The Morgan fingerprint density at radius 1 is 0.933 bits per heavy atom. The maximum Gasteiger partial charge on any atom is 0.358 e. The van der Waals surface area contributed by atoms with Crippen molar-refractivity contribution in [2.75, 3.05) is 0 Å². The Balaban J connectivity index is 4.83. The van der Waals surface area contributed by atoms with E-state index in [-0.39, 0.29) is 0 Å². The molecule has 0 saturated heterocycles. The van der Waals surface area contributed by atoms with Gasteiger partial charge in [-0.15, -0.1) is 0 Å². The zero-order chi connectivity index (χ0) is 12.3. The molecule has 9 heteroatoms. The van der Waals surface area contributed by atoms with Crippen LogP contribution in [0.2, 0.25) is 0 Å². The van der Waals surface area contributed by atoms with Crippen LogP contribution in [0.5, 0.6) is 0 Å². The molecule has 0 radical (unpaired) electrons. The van der Waals surface area contributed by atoms with Gasteiger partial charge in [0, 0.05) is 0 Å². The molecule has 0 aliphatic heterocycles. The van der Waals surface area contributed by atoms with Gasteiger partial charge >= 0.3 is 15.2 Å². The van der Waals surface area contributed by atoms with E-state index >= 15 is 0 Å². The van der Waals surface area contributed by atoms with E-state index in [0.29, 0.717) is 0 Å². The second-order valence-electron chi connectivity index (χ2n) is 2.57. The zero-order valence-electron chi connectivity index (χ0n) is 7.63. The molecule has 0 aliphatic rings. The van der Waals surface area contributed by atoms with Crippen LogP contribution < -0.4 is 0 Å². The third-order valence-electron chi connectivity index (χ3n) is 1.35. The summed E-state index contributed by atoms with van der Waals surface area (Å²) in [5, 5.41) is 0. The average Bonchev–Trinajstić information content (AvgIpc) is 2.01. The predicted octanol–water partition coefficient (Wildman–Crippen LogP) is 0.383. The van der Waals surface area contributed by atoms with Crippen LogP contribution in [0, 0.1) is 0 Å². The minimum atomic E-state index is -4.64. The molecule has 0 amide bonds. The fourth-order valence-corrected chi connectivity index (χ4v) is 1.91. The lowest BCUT2D eigenvalue weighted by Gasteiger charge is -2.21. The lowest BCUT2D eigenvalue weighted by molar-refractivity contribution is 0.0961. The Morgan fingerprint density at radius 2 is 1.20 bits per heavy atom. The topological polar surface area (TPSA) is 124 Å². The summed E-state index contributed by atoms with van der Waals surface area (Å²) in [6.45, 7) is 6.18. The summed E-state index contributed by atoms with van der Waals surface area (Å²) in [4.78, 5) is 34.9. The first kappa shape index (κ1) is 14.7. The average molecular weight is 258 g/mol. The predicted molar refractivity (Wildman–Crippen MR) is 53.1 cm³/mol. The van der Waals surface area contributed by atoms with Crippen LogP contribution in [0.3, 0.4) is 0 Å². The zero-order valence-corrected chi connectivity index (χ0v) is 9.42. The second kappa shape index (κ2) is 5.18. The van der Waals surface area contributed by atoms with E-state index in [9.17, 15) is 9.13 Å². The van der Waals surface area contributed by atoms with E-state index < -0.39 is 26.9 Å². The van der Waals surface area contributed by atoms with E-state index in [0.717, 1.165) is 12.2 Å². The van der Waals surface area contributed by atoms with Crippen molar-refractivity contribution in [3.8, 4) is 0 Å². The summed E-state index contributed by atoms with van der Waals surface area (Å²) < 4.78 is 26.0. The van der Waals surface area contributed by atoms with E-state index in [1.54, 1.807) is 0 Å². The molecule has 0 aromatic carbocycles. The Hall–Kier alpha value is -0.260. The summed E-state index contributed by atoms with van der Waals surface area (Å²) in [5.41, 5.74) is 0. The normalized spacial score (nSPS) is 16.8. The first-order chi connectivity index (χ1) is 6.62. The van der Waals surface area contributed by atoms with E-state index in [1.807, 2.05) is 0 Å². The van der Waals surface area contributed by atoms with Gasteiger partial charge in [0.25, 0.3) is 0 Å². The van der Waals surface area contributed by atoms with Gasteiger partial charge in [-0.3, -0.25) is 9.13 Å². The van der Waals surface area contributed by atoms with Crippen LogP contribution >= 0.6 is 15.2 Å². The fraction of sp³-hybridized carbons (Fsp3) is 0.333. The molecule has 4 N–H and O–H groups in total. The van der Waals surface area contributed by atoms with Crippen LogP contribution in [0.25, 0.3) is 0 Å². The lowest BCUT2D eigenvalue weighted by atomic mass is 10.6. The van der Waals surface area contributed by atoms with Crippen molar-refractivity contribution >= 4 is 15.2 Å². The van der Waals surface area contributed by atoms with Crippen LogP contribution in [0.1, 0.15) is 0 Å². The van der Waals surface area contributed by atoms with Crippen molar-refractivity contribution in [1.29, 1.82) is 0 Å². The molecule has 0 bridgehead atoms. The molecule has 0 heterocycles. The standard InChI is InChI=1S/C6H12O7P2/c1-3-5(14(7,8)9)13-6(4-2)15(10,11)12/h3-6H,1-2H2,(H2,7,8,9)(H2,10,11,12). The quantitative estimate of drug-likeness (QED) is 0.401. The molecule has 0 saturated carbocycles. The van der Waals surface area contributed by atoms with Gasteiger partial charge in [-0.05, 0) is 0 Å². The van der Waals surface area contributed by atoms with Crippen LogP contribution in [0.4, 0.5) is 0 Å². The maximum atomic E-state index is 10.8. The minimum Gasteiger partial charge on any atom is -0.341 e. The number of hydrogen-bond acceptors (Lipinski definition) is 3. The van der Waals surface area contributed by atoms with Gasteiger partial charge in [0.2, 0.25) is 0 Å². The molecular formula is C6H12O7P2. The molecule has 7 nitrogen and oxygen atoms in total. The molecule has 0 aliphatic carbocycles. The lowest BCUT2D eigenvalue weighted by Crippen LogP contribution is -2.19. The highest BCUT2D eigenvalue weighted by Gasteiger charge is 2.35. The highest BCUT2D eigenvalue weighted by molar-refractivity contribution is 7.53. The van der Waals surface area contributed by atoms with Gasteiger partial charge in [-0.2, -0.15) is 0 Å². The summed E-state index contributed by atoms with van der Waals surface area (Å²) in [6.07, 6.45) is 1.54. The van der Waals surface area contributed by atoms with E-state index in [1.165, 1.54) is 0 Å². The molecule has 0 aromatic rings. The largest absolute Gasteiger partial charge is 0.358 e. The molecule has 88 valence electrons. The molecule has 0 rings (SSSR count). The summed E-state index contributed by atoms with van der Waals surface area (Å²) in [7, 11) is -9.29. The molecule has 2 unspecified atom stereocenters. The van der Waals surface area contributed by atoms with Crippen molar-refractivity contribution < 1.29 is 33.4 Å². The van der Waals surface area contributed by atoms with Crippen LogP contribution in [-0.4, -0.2) is 31.3 Å². The molecule has 0 fully saturated rings. The summed E-state index contributed by atoms with van der Waals surface area (Å²) in [5.74, 6) is -3.54. The summed E-state index contributed by atoms with van der Waals surface area (Å²) >= 11 is 0. The highest BCUT2D eigenvalue weighted by Crippen LogP contribution is 2.49. The van der Waals surface area contributed by atoms with Gasteiger partial charge < -0.3 is 24.3 Å². The number of ether oxygens (including phenoxy) is 1. The Kier molecular flexibility index (Phi) is 5.09. The number of rotatable bonds is 6. The van der Waals surface area contributed by atoms with Gasteiger partial charge in [0.05, 0.1) is 0 Å².